The van der Waals surface area contributed by atoms with Crippen LogP contribution in [0.3, 0.4) is 0 Å². The van der Waals surface area contributed by atoms with Gasteiger partial charge in [-0.05, 0) is 0 Å². The molecule has 8 heavy (non-hydrogen) atoms. The van der Waals surface area contributed by atoms with Crippen LogP contribution >= 0.6 is 0 Å². The molecule has 0 aliphatic rings. The molecule has 0 radical (unpaired) electrons. The molecule has 0 atom stereocenters. The fraction of sp³-hybridized carbons (Fsp3) is 0.333. The zero-order valence-corrected chi connectivity index (χ0v) is 3.72. The molecule has 0 fully saturated rings. The zero-order chi connectivity index (χ0) is 5.86. The summed E-state index contributed by atoms with van der Waals surface area (Å²) < 4.78 is 43.1. The second-order valence-electron chi connectivity index (χ2n) is 0.799. The summed E-state index contributed by atoms with van der Waals surface area (Å²) in [6.07, 6.45) is -2.58. The van der Waals surface area contributed by atoms with Crippen LogP contribution in [-0.2, 0) is 0 Å². The van der Waals surface area contributed by atoms with Gasteiger partial charge in [0.1, 0.15) is 6.67 Å². The van der Waals surface area contributed by atoms with Crippen molar-refractivity contribution < 1.29 is 23.0 Å². The largest absolute Gasteiger partial charge is 0.412 e. The van der Waals surface area contributed by atoms with E-state index in [2.05, 4.69) is 0 Å². The first-order valence-corrected chi connectivity index (χ1v) is 1.44. The third-order valence-corrected chi connectivity index (χ3v) is 0.322. The van der Waals surface area contributed by atoms with Crippen LogP contribution in [-0.4, -0.2) is 12.2 Å². The normalized spacial score (nSPS) is 7.50. The molecule has 0 rings (SSSR count). The van der Waals surface area contributed by atoms with E-state index in [9.17, 15) is 17.6 Å². The summed E-state index contributed by atoms with van der Waals surface area (Å²) in [6, 6.07) is 0. The molecule has 0 amide bonds. The maximum Gasteiger partial charge on any atom is 0.304 e. The minimum atomic E-state index is -2.58. The van der Waals surface area contributed by atoms with Crippen molar-refractivity contribution in [2.75, 3.05) is 6.67 Å². The molecule has 0 unspecified atom stereocenters. The van der Waals surface area contributed by atoms with Gasteiger partial charge in [0.25, 0.3) is 0 Å². The molecule has 50 valence electrons. The predicted octanol–water partition coefficient (Wildman–Crippen LogP) is 1.21. The van der Waals surface area contributed by atoms with Gasteiger partial charge in [-0.1, -0.05) is 0 Å². The Hall–Kier alpha value is -0.580. The highest BCUT2D eigenvalue weighted by Crippen LogP contribution is 2.07. The minimum Gasteiger partial charge on any atom is -0.412 e. The van der Waals surface area contributed by atoms with Gasteiger partial charge >= 0.3 is 6.08 Å². The molecule has 0 aromatic rings. The number of hydrogen-bond acceptors (Lipinski definition) is 0. The van der Waals surface area contributed by atoms with Gasteiger partial charge in [0.2, 0.25) is 0 Å². The molecule has 0 saturated heterocycles. The van der Waals surface area contributed by atoms with Crippen LogP contribution < -0.4 is 0 Å². The maximum absolute atomic E-state index is 11.0. The third-order valence-electron chi connectivity index (χ3n) is 0.322. The first-order valence-electron chi connectivity index (χ1n) is 1.44. The maximum atomic E-state index is 11.0. The molecule has 0 aromatic heterocycles. The first kappa shape index (κ1) is 10.4. The Bertz CT molecular complexity index is 85.3. The average molecular weight is 132 g/mol. The van der Waals surface area contributed by atoms with Crippen molar-refractivity contribution in [3.8, 4) is 0 Å². The van der Waals surface area contributed by atoms with Gasteiger partial charge in [-0.3, -0.25) is 0 Å². The number of alkyl halides is 1. The van der Waals surface area contributed by atoms with Crippen molar-refractivity contribution in [3.63, 3.8) is 0 Å². The smallest absolute Gasteiger partial charge is 0.304 e. The van der Waals surface area contributed by atoms with Crippen molar-refractivity contribution in [2.45, 2.75) is 0 Å². The Morgan fingerprint density at radius 2 is 1.50 bits per heavy atom. The summed E-state index contributed by atoms with van der Waals surface area (Å²) in [5, 5.41) is 0. The average Bonchev–Trinajstić information content (AvgIpc) is 1.65. The highest BCUT2D eigenvalue weighted by molar-refractivity contribution is 4.90. The van der Waals surface area contributed by atoms with Crippen LogP contribution in [0.25, 0.3) is 0 Å². The molecular weight excluding hydrogens is 128 g/mol. The van der Waals surface area contributed by atoms with Crippen molar-refractivity contribution in [1.29, 1.82) is 0 Å². The highest BCUT2D eigenvalue weighted by atomic mass is 19.3. The van der Waals surface area contributed by atoms with E-state index in [0.29, 0.717) is 0 Å². The summed E-state index contributed by atoms with van der Waals surface area (Å²) in [5.41, 5.74) is 0. The first-order chi connectivity index (χ1) is 3.18. The number of hydrogen-bond donors (Lipinski definition) is 0. The van der Waals surface area contributed by atoms with E-state index in [1.165, 1.54) is 0 Å². The van der Waals surface area contributed by atoms with Gasteiger partial charge in [-0.25, -0.2) is 8.78 Å². The molecule has 0 aliphatic carbocycles. The van der Waals surface area contributed by atoms with Crippen molar-refractivity contribution >= 4 is 0 Å². The summed E-state index contributed by atoms with van der Waals surface area (Å²) in [7, 11) is 0. The minimum absolute atomic E-state index is 0. The summed E-state index contributed by atoms with van der Waals surface area (Å²) in [6.45, 7) is -1.72. The molecule has 0 aromatic carbocycles. The van der Waals surface area contributed by atoms with Gasteiger partial charge in [0.15, 0.2) is 5.83 Å². The SMILES string of the molecule is FCC(F)=C(F)F.O. The monoisotopic (exact) mass is 132 g/mol. The molecule has 0 bridgehead atoms. The van der Waals surface area contributed by atoms with E-state index in [1.807, 2.05) is 0 Å². The van der Waals surface area contributed by atoms with Gasteiger partial charge in [0.05, 0.1) is 0 Å². The van der Waals surface area contributed by atoms with Gasteiger partial charge in [0, 0.05) is 0 Å². The topological polar surface area (TPSA) is 31.5 Å². The quantitative estimate of drug-likeness (QED) is 0.480. The van der Waals surface area contributed by atoms with E-state index in [1.54, 1.807) is 0 Å². The van der Waals surface area contributed by atoms with Gasteiger partial charge < -0.3 is 5.48 Å². The summed E-state index contributed by atoms with van der Waals surface area (Å²) in [5.74, 6) is -1.99. The third kappa shape index (κ3) is 3.60. The lowest BCUT2D eigenvalue weighted by atomic mass is 10.6. The second-order valence-corrected chi connectivity index (χ2v) is 0.799. The van der Waals surface area contributed by atoms with Crippen LogP contribution in [0.15, 0.2) is 11.9 Å². The number of allylic oxidation sites excluding steroid dienone is 1. The highest BCUT2D eigenvalue weighted by Gasteiger charge is 2.00. The fourth-order valence-electron chi connectivity index (χ4n) is 0.0505. The molecule has 0 saturated carbocycles. The lowest BCUT2D eigenvalue weighted by Gasteiger charge is -1.79. The molecule has 2 N–H and O–H groups in total. The molecular formula is C3H4F4O. The van der Waals surface area contributed by atoms with Gasteiger partial charge in [-0.2, -0.15) is 8.78 Å². The fourth-order valence-corrected chi connectivity index (χ4v) is 0.0505. The lowest BCUT2D eigenvalue weighted by Crippen LogP contribution is -1.74. The van der Waals surface area contributed by atoms with Gasteiger partial charge in [-0.15, -0.1) is 0 Å². The van der Waals surface area contributed by atoms with Crippen molar-refractivity contribution in [1.82, 2.24) is 0 Å². The van der Waals surface area contributed by atoms with E-state index in [-0.39, 0.29) is 5.48 Å². The molecule has 1 nitrogen and oxygen atoms in total. The summed E-state index contributed by atoms with van der Waals surface area (Å²) in [4.78, 5) is 0. The van der Waals surface area contributed by atoms with Crippen LogP contribution in [0, 0.1) is 0 Å². The van der Waals surface area contributed by atoms with E-state index in [0.717, 1.165) is 0 Å². The van der Waals surface area contributed by atoms with E-state index >= 15 is 0 Å². The van der Waals surface area contributed by atoms with Crippen molar-refractivity contribution in [2.24, 2.45) is 0 Å². The van der Waals surface area contributed by atoms with Crippen molar-refractivity contribution in [3.05, 3.63) is 11.9 Å². The second kappa shape index (κ2) is 4.58. The standard InChI is InChI=1S/C3H2F4.H2O/c4-1-2(5)3(6)7;/h1H2;1H2. The Morgan fingerprint density at radius 1 is 1.12 bits per heavy atom. The summed E-state index contributed by atoms with van der Waals surface area (Å²) >= 11 is 0. The number of rotatable bonds is 1. The Kier molecular flexibility index (Phi) is 5.95. The van der Waals surface area contributed by atoms with Crippen LogP contribution in [0.1, 0.15) is 0 Å². The van der Waals surface area contributed by atoms with E-state index in [4.69, 9.17) is 0 Å². The molecule has 0 spiro atoms. The van der Waals surface area contributed by atoms with Crippen LogP contribution in [0.4, 0.5) is 17.6 Å². The predicted molar refractivity (Wildman–Crippen MR) is 19.9 cm³/mol. The Morgan fingerprint density at radius 3 is 1.50 bits per heavy atom. The lowest BCUT2D eigenvalue weighted by molar-refractivity contribution is 0.348. The molecule has 0 aliphatic heterocycles. The Labute approximate surface area is 42.9 Å². The van der Waals surface area contributed by atoms with Crippen LogP contribution in [0.5, 0.6) is 0 Å². The van der Waals surface area contributed by atoms with E-state index < -0.39 is 18.6 Å². The van der Waals surface area contributed by atoms with Crippen LogP contribution in [0.2, 0.25) is 0 Å². The number of halogens is 4. The zero-order valence-electron chi connectivity index (χ0n) is 3.72. The Balaban J connectivity index is 0. The molecule has 5 heteroatoms. The molecule has 0 heterocycles.